The van der Waals surface area contributed by atoms with Gasteiger partial charge in [-0.3, -0.25) is 0 Å². The standard InChI is InChI=1S/C16H16O2/c1-12-5-7-13(8-6-12)9-10-14-3-2-4-15(11-14)16(17)18/h2-8,11H,9-10H2,1H3,(H,17,18). The topological polar surface area (TPSA) is 37.3 Å². The van der Waals surface area contributed by atoms with E-state index in [-0.39, 0.29) is 0 Å². The number of hydrogen-bond donors (Lipinski definition) is 1. The van der Waals surface area contributed by atoms with E-state index in [1.807, 2.05) is 6.07 Å². The number of benzene rings is 2. The van der Waals surface area contributed by atoms with E-state index >= 15 is 0 Å². The highest BCUT2D eigenvalue weighted by molar-refractivity contribution is 5.87. The van der Waals surface area contributed by atoms with Gasteiger partial charge in [0, 0.05) is 0 Å². The van der Waals surface area contributed by atoms with Crippen LogP contribution in [0.3, 0.4) is 0 Å². The average Bonchev–Trinajstić information content (AvgIpc) is 2.38. The Labute approximate surface area is 107 Å². The Morgan fingerprint density at radius 2 is 1.67 bits per heavy atom. The first-order valence-corrected chi connectivity index (χ1v) is 6.03. The second-order valence-corrected chi connectivity index (χ2v) is 4.49. The Morgan fingerprint density at radius 3 is 2.33 bits per heavy atom. The number of rotatable bonds is 4. The molecular weight excluding hydrogens is 224 g/mol. The van der Waals surface area contributed by atoms with E-state index in [9.17, 15) is 4.79 Å². The van der Waals surface area contributed by atoms with Gasteiger partial charge in [-0.1, -0.05) is 42.0 Å². The molecule has 0 saturated carbocycles. The highest BCUT2D eigenvalue weighted by Gasteiger charge is 2.03. The summed E-state index contributed by atoms with van der Waals surface area (Å²) in [5.74, 6) is -0.868. The molecule has 1 N–H and O–H groups in total. The molecule has 0 aliphatic rings. The maximum absolute atomic E-state index is 10.9. The first-order chi connectivity index (χ1) is 8.65. The zero-order valence-corrected chi connectivity index (χ0v) is 10.4. The number of hydrogen-bond acceptors (Lipinski definition) is 1. The molecule has 0 amide bonds. The van der Waals surface area contributed by atoms with Crippen LogP contribution in [0.4, 0.5) is 0 Å². The van der Waals surface area contributed by atoms with Crippen molar-refractivity contribution in [3.8, 4) is 0 Å². The maximum Gasteiger partial charge on any atom is 0.335 e. The summed E-state index contributed by atoms with van der Waals surface area (Å²) in [6.45, 7) is 2.07. The molecule has 0 aliphatic heterocycles. The van der Waals surface area contributed by atoms with Gasteiger partial charge in [0.05, 0.1) is 5.56 Å². The molecule has 0 radical (unpaired) electrons. The van der Waals surface area contributed by atoms with E-state index in [4.69, 9.17) is 5.11 Å². The van der Waals surface area contributed by atoms with Crippen molar-refractivity contribution >= 4 is 5.97 Å². The van der Waals surface area contributed by atoms with Crippen LogP contribution < -0.4 is 0 Å². The fourth-order valence-electron chi connectivity index (χ4n) is 1.90. The van der Waals surface area contributed by atoms with Crippen molar-refractivity contribution in [1.29, 1.82) is 0 Å². The lowest BCUT2D eigenvalue weighted by atomic mass is 10.0. The van der Waals surface area contributed by atoms with Crippen LogP contribution in [0.15, 0.2) is 48.5 Å². The predicted octanol–water partition coefficient (Wildman–Crippen LogP) is 3.48. The smallest absolute Gasteiger partial charge is 0.335 e. The summed E-state index contributed by atoms with van der Waals surface area (Å²) < 4.78 is 0. The van der Waals surface area contributed by atoms with Crippen LogP contribution in [-0.4, -0.2) is 11.1 Å². The van der Waals surface area contributed by atoms with Crippen molar-refractivity contribution in [2.45, 2.75) is 19.8 Å². The first-order valence-electron chi connectivity index (χ1n) is 6.03. The van der Waals surface area contributed by atoms with Crippen molar-refractivity contribution in [2.24, 2.45) is 0 Å². The molecule has 0 spiro atoms. The van der Waals surface area contributed by atoms with Gasteiger partial charge in [0.25, 0.3) is 0 Å². The third kappa shape index (κ3) is 3.20. The lowest BCUT2D eigenvalue weighted by Gasteiger charge is -2.04. The zero-order chi connectivity index (χ0) is 13.0. The summed E-state index contributed by atoms with van der Waals surface area (Å²) in [6.07, 6.45) is 1.80. The van der Waals surface area contributed by atoms with Gasteiger partial charge in [-0.2, -0.15) is 0 Å². The Hall–Kier alpha value is -2.09. The van der Waals surface area contributed by atoms with Crippen LogP contribution >= 0.6 is 0 Å². The average molecular weight is 240 g/mol. The number of aromatic carboxylic acids is 1. The van der Waals surface area contributed by atoms with Crippen LogP contribution in [0, 0.1) is 6.92 Å². The fraction of sp³-hybridized carbons (Fsp3) is 0.188. The first kappa shape index (κ1) is 12.4. The summed E-state index contributed by atoms with van der Waals surface area (Å²) in [5, 5.41) is 8.93. The van der Waals surface area contributed by atoms with Crippen LogP contribution in [-0.2, 0) is 12.8 Å². The molecule has 92 valence electrons. The Kier molecular flexibility index (Phi) is 3.78. The summed E-state index contributed by atoms with van der Waals surface area (Å²) in [5.41, 5.74) is 3.96. The quantitative estimate of drug-likeness (QED) is 0.888. The third-order valence-electron chi connectivity index (χ3n) is 3.00. The number of carbonyl (C=O) groups is 1. The van der Waals surface area contributed by atoms with Gasteiger partial charge in [0.15, 0.2) is 0 Å². The molecule has 2 aromatic carbocycles. The number of carboxylic acids is 1. The Bertz CT molecular complexity index is 541. The van der Waals surface area contributed by atoms with Crippen molar-refractivity contribution in [2.75, 3.05) is 0 Å². The molecule has 2 nitrogen and oxygen atoms in total. The lowest BCUT2D eigenvalue weighted by Crippen LogP contribution is -1.98. The SMILES string of the molecule is Cc1ccc(CCc2cccc(C(=O)O)c2)cc1. The number of aryl methyl sites for hydroxylation is 3. The molecule has 0 fully saturated rings. The van der Waals surface area contributed by atoms with E-state index in [0.717, 1.165) is 18.4 Å². The summed E-state index contributed by atoms with van der Waals surface area (Å²) >= 11 is 0. The molecule has 2 heteroatoms. The second-order valence-electron chi connectivity index (χ2n) is 4.49. The van der Waals surface area contributed by atoms with E-state index in [2.05, 4.69) is 31.2 Å². The normalized spacial score (nSPS) is 10.3. The summed E-state index contributed by atoms with van der Waals surface area (Å²) in [7, 11) is 0. The molecule has 0 unspecified atom stereocenters. The molecule has 0 atom stereocenters. The minimum absolute atomic E-state index is 0.358. The minimum Gasteiger partial charge on any atom is -0.478 e. The number of carboxylic acid groups (broad SMARTS) is 1. The lowest BCUT2D eigenvalue weighted by molar-refractivity contribution is 0.0697. The van der Waals surface area contributed by atoms with Crippen LogP contribution in [0.25, 0.3) is 0 Å². The largest absolute Gasteiger partial charge is 0.478 e. The van der Waals surface area contributed by atoms with Crippen molar-refractivity contribution < 1.29 is 9.90 Å². The monoisotopic (exact) mass is 240 g/mol. The van der Waals surface area contributed by atoms with Crippen molar-refractivity contribution in [1.82, 2.24) is 0 Å². The molecule has 0 aliphatic carbocycles. The molecule has 0 aromatic heterocycles. The molecule has 0 bridgehead atoms. The highest BCUT2D eigenvalue weighted by Crippen LogP contribution is 2.10. The second kappa shape index (κ2) is 5.50. The van der Waals surface area contributed by atoms with Crippen LogP contribution in [0.1, 0.15) is 27.0 Å². The zero-order valence-electron chi connectivity index (χ0n) is 10.4. The molecule has 0 heterocycles. The van der Waals surface area contributed by atoms with Gasteiger partial charge in [0.2, 0.25) is 0 Å². The predicted molar refractivity (Wildman–Crippen MR) is 72.0 cm³/mol. The van der Waals surface area contributed by atoms with Gasteiger partial charge in [-0.25, -0.2) is 4.79 Å². The van der Waals surface area contributed by atoms with Crippen LogP contribution in [0.5, 0.6) is 0 Å². The highest BCUT2D eigenvalue weighted by atomic mass is 16.4. The summed E-state index contributed by atoms with van der Waals surface area (Å²) in [4.78, 5) is 10.9. The van der Waals surface area contributed by atoms with E-state index in [1.165, 1.54) is 11.1 Å². The van der Waals surface area contributed by atoms with Crippen LogP contribution in [0.2, 0.25) is 0 Å². The maximum atomic E-state index is 10.9. The Morgan fingerprint density at radius 1 is 1.00 bits per heavy atom. The molecule has 2 aromatic rings. The molecular formula is C16H16O2. The van der Waals surface area contributed by atoms with Gasteiger partial charge in [-0.15, -0.1) is 0 Å². The van der Waals surface area contributed by atoms with Gasteiger partial charge < -0.3 is 5.11 Å². The van der Waals surface area contributed by atoms with Crippen molar-refractivity contribution in [3.63, 3.8) is 0 Å². The third-order valence-corrected chi connectivity index (χ3v) is 3.00. The van der Waals surface area contributed by atoms with Gasteiger partial charge >= 0.3 is 5.97 Å². The minimum atomic E-state index is -0.868. The summed E-state index contributed by atoms with van der Waals surface area (Å²) in [6, 6.07) is 15.6. The van der Waals surface area contributed by atoms with Crippen molar-refractivity contribution in [3.05, 3.63) is 70.8 Å². The molecule has 2 rings (SSSR count). The van der Waals surface area contributed by atoms with E-state index in [0.29, 0.717) is 5.56 Å². The molecule has 0 saturated heterocycles. The van der Waals surface area contributed by atoms with E-state index < -0.39 is 5.97 Å². The van der Waals surface area contributed by atoms with Gasteiger partial charge in [-0.05, 0) is 43.0 Å². The Balaban J connectivity index is 2.04. The van der Waals surface area contributed by atoms with E-state index in [1.54, 1.807) is 18.2 Å². The fourth-order valence-corrected chi connectivity index (χ4v) is 1.90. The van der Waals surface area contributed by atoms with Gasteiger partial charge in [0.1, 0.15) is 0 Å². The molecule has 18 heavy (non-hydrogen) atoms.